The molecule has 152 valence electrons. The lowest BCUT2D eigenvalue weighted by atomic mass is 9.98. The van der Waals surface area contributed by atoms with Crippen LogP contribution in [-0.2, 0) is 0 Å². The van der Waals surface area contributed by atoms with E-state index in [1.165, 1.54) is 5.56 Å². The molecule has 5 heteroatoms. The molecule has 1 aromatic heterocycles. The summed E-state index contributed by atoms with van der Waals surface area (Å²) in [4.78, 5) is 17.2. The molecule has 4 rings (SSSR count). The van der Waals surface area contributed by atoms with Crippen molar-refractivity contribution >= 4 is 34.3 Å². The third-order valence-electron chi connectivity index (χ3n) is 5.35. The highest BCUT2D eigenvalue weighted by Crippen LogP contribution is 2.29. The fraction of sp³-hybridized carbons (Fsp3) is 0.200. The highest BCUT2D eigenvalue weighted by molar-refractivity contribution is 6.34. The van der Waals surface area contributed by atoms with Gasteiger partial charge in [-0.05, 0) is 78.9 Å². The lowest BCUT2D eigenvalue weighted by Gasteiger charge is -2.08. The number of hydrogen-bond donors (Lipinski definition) is 1. The molecular formula is C25H23ClN2O2. The largest absolute Gasteiger partial charge is 0.436 e. The van der Waals surface area contributed by atoms with Crippen LogP contribution in [0.1, 0.15) is 47.7 Å². The van der Waals surface area contributed by atoms with Crippen molar-refractivity contribution in [3.63, 3.8) is 0 Å². The minimum Gasteiger partial charge on any atom is -0.436 e. The second kappa shape index (κ2) is 8.33. The Morgan fingerprint density at radius 3 is 2.57 bits per heavy atom. The van der Waals surface area contributed by atoms with Crippen LogP contribution in [0.2, 0.25) is 5.02 Å². The summed E-state index contributed by atoms with van der Waals surface area (Å²) < 4.78 is 5.92. The van der Waals surface area contributed by atoms with Crippen LogP contribution in [-0.4, -0.2) is 10.9 Å². The normalized spacial score (nSPS) is 12.1. The number of benzene rings is 3. The van der Waals surface area contributed by atoms with Gasteiger partial charge in [-0.1, -0.05) is 37.6 Å². The first-order valence-corrected chi connectivity index (χ1v) is 10.4. The van der Waals surface area contributed by atoms with Gasteiger partial charge in [0.2, 0.25) is 5.89 Å². The monoisotopic (exact) mass is 418 g/mol. The highest BCUT2D eigenvalue weighted by Gasteiger charge is 2.13. The predicted octanol–water partition coefficient (Wildman–Crippen LogP) is 7.22. The van der Waals surface area contributed by atoms with Crippen LogP contribution in [0.3, 0.4) is 0 Å². The maximum atomic E-state index is 12.5. The molecule has 0 aliphatic carbocycles. The Morgan fingerprint density at radius 2 is 1.87 bits per heavy atom. The number of oxazole rings is 1. The molecule has 0 bridgehead atoms. The minimum atomic E-state index is -0.243. The Labute approximate surface area is 180 Å². The Kier molecular flexibility index (Phi) is 5.60. The van der Waals surface area contributed by atoms with E-state index in [2.05, 4.69) is 36.3 Å². The average molecular weight is 419 g/mol. The molecular weight excluding hydrogens is 396 g/mol. The number of aromatic nitrogens is 1. The topological polar surface area (TPSA) is 55.1 Å². The summed E-state index contributed by atoms with van der Waals surface area (Å²) >= 11 is 6.19. The summed E-state index contributed by atoms with van der Waals surface area (Å²) in [6, 6.07) is 19.0. The van der Waals surface area contributed by atoms with E-state index in [4.69, 9.17) is 16.0 Å². The van der Waals surface area contributed by atoms with Crippen molar-refractivity contribution in [1.82, 2.24) is 4.98 Å². The predicted molar refractivity (Wildman–Crippen MR) is 122 cm³/mol. The van der Waals surface area contributed by atoms with Crippen molar-refractivity contribution in [1.29, 1.82) is 0 Å². The fourth-order valence-electron chi connectivity index (χ4n) is 3.31. The molecule has 4 aromatic rings. The number of aryl methyl sites for hydroxylation is 1. The van der Waals surface area contributed by atoms with E-state index in [1.54, 1.807) is 12.1 Å². The Morgan fingerprint density at radius 1 is 1.10 bits per heavy atom. The van der Waals surface area contributed by atoms with Gasteiger partial charge in [0.05, 0.1) is 10.6 Å². The van der Waals surface area contributed by atoms with Crippen molar-refractivity contribution < 1.29 is 9.21 Å². The molecule has 0 radical (unpaired) electrons. The quantitative estimate of drug-likeness (QED) is 0.372. The SMILES string of the molecule is CC[C@@H](C)c1ccc2oc(-c3ccc(NC(=O)c4ccc(C)cc4Cl)cc3)nc2c1. The highest BCUT2D eigenvalue weighted by atomic mass is 35.5. The number of carbonyl (C=O) groups excluding carboxylic acids is 1. The lowest BCUT2D eigenvalue weighted by Crippen LogP contribution is -2.12. The zero-order valence-corrected chi connectivity index (χ0v) is 18.0. The van der Waals surface area contributed by atoms with Gasteiger partial charge in [-0.3, -0.25) is 4.79 Å². The Balaban J connectivity index is 1.53. The van der Waals surface area contributed by atoms with Crippen molar-refractivity contribution in [2.75, 3.05) is 5.32 Å². The van der Waals surface area contributed by atoms with Gasteiger partial charge >= 0.3 is 0 Å². The first-order valence-electron chi connectivity index (χ1n) is 10.0. The summed E-state index contributed by atoms with van der Waals surface area (Å²) in [6.07, 6.45) is 1.08. The lowest BCUT2D eigenvalue weighted by molar-refractivity contribution is 0.102. The van der Waals surface area contributed by atoms with Crippen LogP contribution in [0, 0.1) is 6.92 Å². The van der Waals surface area contributed by atoms with Gasteiger partial charge in [0, 0.05) is 11.3 Å². The summed E-state index contributed by atoms with van der Waals surface area (Å²) in [7, 11) is 0. The molecule has 3 aromatic carbocycles. The number of rotatable bonds is 5. The third kappa shape index (κ3) is 4.10. The van der Waals surface area contributed by atoms with Crippen molar-refractivity contribution in [2.24, 2.45) is 0 Å². The second-order valence-electron chi connectivity index (χ2n) is 7.57. The number of nitrogens with one attached hydrogen (secondary N) is 1. The molecule has 0 fully saturated rings. The van der Waals surface area contributed by atoms with Crippen LogP contribution >= 0.6 is 11.6 Å². The van der Waals surface area contributed by atoms with Crippen LogP contribution in [0.4, 0.5) is 5.69 Å². The molecule has 0 saturated carbocycles. The van der Waals surface area contributed by atoms with Crippen LogP contribution in [0.15, 0.2) is 65.1 Å². The van der Waals surface area contributed by atoms with E-state index >= 15 is 0 Å². The van der Waals surface area contributed by atoms with Crippen LogP contribution in [0.25, 0.3) is 22.6 Å². The Hall–Kier alpha value is -3.11. The van der Waals surface area contributed by atoms with Crippen LogP contribution in [0.5, 0.6) is 0 Å². The summed E-state index contributed by atoms with van der Waals surface area (Å²) in [6.45, 7) is 6.32. The first-order chi connectivity index (χ1) is 14.4. The molecule has 0 unspecified atom stereocenters. The molecule has 1 atom stereocenters. The number of hydrogen-bond acceptors (Lipinski definition) is 3. The zero-order chi connectivity index (χ0) is 21.3. The van der Waals surface area contributed by atoms with E-state index in [1.807, 2.05) is 43.3 Å². The van der Waals surface area contributed by atoms with Gasteiger partial charge in [-0.25, -0.2) is 4.98 Å². The van der Waals surface area contributed by atoms with Gasteiger partial charge in [0.25, 0.3) is 5.91 Å². The third-order valence-corrected chi connectivity index (χ3v) is 5.66. The molecule has 0 aliphatic heterocycles. The molecule has 0 saturated heterocycles. The molecule has 30 heavy (non-hydrogen) atoms. The standard InChI is InChI=1S/C25H23ClN2O2/c1-4-16(3)18-8-12-23-22(14-18)28-25(30-23)17-6-9-19(10-7-17)27-24(29)20-11-5-15(2)13-21(20)26/h5-14,16H,4H2,1-3H3,(H,27,29)/t16-/m1/s1. The molecule has 1 heterocycles. The molecule has 0 aliphatic rings. The van der Waals surface area contributed by atoms with Gasteiger partial charge < -0.3 is 9.73 Å². The maximum absolute atomic E-state index is 12.5. The summed E-state index contributed by atoms with van der Waals surface area (Å²) in [5, 5.41) is 3.31. The Bertz CT molecular complexity index is 1210. The van der Waals surface area contributed by atoms with E-state index in [0.29, 0.717) is 28.1 Å². The van der Waals surface area contributed by atoms with E-state index < -0.39 is 0 Å². The van der Waals surface area contributed by atoms with E-state index in [-0.39, 0.29) is 5.91 Å². The molecule has 1 N–H and O–H groups in total. The van der Waals surface area contributed by atoms with Crippen molar-refractivity contribution in [3.05, 3.63) is 82.4 Å². The minimum absolute atomic E-state index is 0.243. The average Bonchev–Trinajstić information content (AvgIpc) is 3.17. The van der Waals surface area contributed by atoms with Gasteiger partial charge in [-0.2, -0.15) is 0 Å². The number of amides is 1. The van der Waals surface area contributed by atoms with Gasteiger partial charge in [0.1, 0.15) is 5.52 Å². The van der Waals surface area contributed by atoms with Gasteiger partial charge in [0.15, 0.2) is 5.58 Å². The van der Waals surface area contributed by atoms with Crippen molar-refractivity contribution in [2.45, 2.75) is 33.1 Å². The smallest absolute Gasteiger partial charge is 0.257 e. The summed E-state index contributed by atoms with van der Waals surface area (Å²) in [5.41, 5.74) is 5.87. The van der Waals surface area contributed by atoms with Crippen molar-refractivity contribution in [3.8, 4) is 11.5 Å². The zero-order valence-electron chi connectivity index (χ0n) is 17.2. The number of fused-ring (bicyclic) bond motifs is 1. The van der Waals surface area contributed by atoms with E-state index in [9.17, 15) is 4.79 Å². The van der Waals surface area contributed by atoms with Crippen LogP contribution < -0.4 is 5.32 Å². The summed E-state index contributed by atoms with van der Waals surface area (Å²) in [5.74, 6) is 0.803. The molecule has 4 nitrogen and oxygen atoms in total. The number of halogens is 1. The number of nitrogens with zero attached hydrogens (tertiary/aromatic N) is 1. The number of carbonyl (C=O) groups is 1. The first kappa shape index (κ1) is 20.2. The fourth-order valence-corrected chi connectivity index (χ4v) is 3.63. The van der Waals surface area contributed by atoms with E-state index in [0.717, 1.165) is 28.6 Å². The maximum Gasteiger partial charge on any atom is 0.257 e. The second-order valence-corrected chi connectivity index (χ2v) is 7.98. The number of anilines is 1. The van der Waals surface area contributed by atoms with Gasteiger partial charge in [-0.15, -0.1) is 0 Å². The molecule has 0 spiro atoms. The molecule has 1 amide bonds.